The Balaban J connectivity index is 1.19. The van der Waals surface area contributed by atoms with Gasteiger partial charge >= 0.3 is 0 Å². The van der Waals surface area contributed by atoms with E-state index in [9.17, 15) is 0 Å². The number of aromatic nitrogens is 4. The minimum atomic E-state index is 0.203. The molecule has 6 nitrogen and oxygen atoms in total. The largest absolute Gasteiger partial charge is 0.368 e. The van der Waals surface area contributed by atoms with Crippen molar-refractivity contribution in [1.82, 2.24) is 19.6 Å². The molecule has 0 radical (unpaired) electrons. The van der Waals surface area contributed by atoms with Crippen LogP contribution in [0.4, 0.5) is 11.5 Å². The Morgan fingerprint density at radius 1 is 0.794 bits per heavy atom. The van der Waals surface area contributed by atoms with Gasteiger partial charge in [-0.1, -0.05) is 12.1 Å². The van der Waals surface area contributed by atoms with Crippen LogP contribution < -0.4 is 9.80 Å². The van der Waals surface area contributed by atoms with Crippen molar-refractivity contribution < 1.29 is 0 Å². The molecule has 0 unspecified atom stereocenters. The summed E-state index contributed by atoms with van der Waals surface area (Å²) in [4.78, 5) is 14.9. The standard InChI is InChI=1S/C28H36N6/c1-18-4-5-19(2)24(10-18)32-6-8-33(9-7-32)25-11-20(3)29-27-30-26(31-34(25)27)28-15-21-12-22(16-28)14-23(13-21)17-28/h4-5,10-11,21-23H,6-9,12-17H2,1-3H3. The first-order valence-electron chi connectivity index (χ1n) is 13.3. The van der Waals surface area contributed by atoms with Crippen LogP contribution in [0.15, 0.2) is 24.3 Å². The predicted molar refractivity (Wildman–Crippen MR) is 136 cm³/mol. The summed E-state index contributed by atoms with van der Waals surface area (Å²) in [6.45, 7) is 10.5. The molecule has 0 amide bonds. The van der Waals surface area contributed by atoms with Crippen molar-refractivity contribution in [2.24, 2.45) is 17.8 Å². The highest BCUT2D eigenvalue weighted by atomic mass is 15.4. The molecule has 4 aliphatic carbocycles. The van der Waals surface area contributed by atoms with Gasteiger partial charge in [0.05, 0.1) is 0 Å². The van der Waals surface area contributed by atoms with Crippen LogP contribution in [-0.2, 0) is 5.41 Å². The maximum Gasteiger partial charge on any atom is 0.254 e. The van der Waals surface area contributed by atoms with Crippen molar-refractivity contribution in [2.45, 2.75) is 64.7 Å². The summed E-state index contributed by atoms with van der Waals surface area (Å²) in [6.07, 6.45) is 8.20. The number of anilines is 2. The van der Waals surface area contributed by atoms with E-state index in [1.54, 1.807) is 0 Å². The Labute approximate surface area is 202 Å². The highest BCUT2D eigenvalue weighted by Crippen LogP contribution is 2.60. The molecule has 1 aromatic carbocycles. The van der Waals surface area contributed by atoms with Gasteiger partial charge in [-0.15, -0.1) is 5.10 Å². The Hall–Kier alpha value is -2.63. The molecule has 0 atom stereocenters. The molecule has 4 bridgehead atoms. The van der Waals surface area contributed by atoms with Gasteiger partial charge in [-0.3, -0.25) is 0 Å². The van der Waals surface area contributed by atoms with E-state index >= 15 is 0 Å². The van der Waals surface area contributed by atoms with Gasteiger partial charge in [-0.25, -0.2) is 4.98 Å². The molecular weight excluding hydrogens is 420 g/mol. The molecule has 2 aromatic heterocycles. The highest BCUT2D eigenvalue weighted by Gasteiger charge is 2.53. The van der Waals surface area contributed by atoms with E-state index in [1.165, 1.54) is 55.3 Å². The van der Waals surface area contributed by atoms with Gasteiger partial charge in [-0.2, -0.15) is 9.50 Å². The lowest BCUT2D eigenvalue weighted by atomic mass is 9.49. The molecule has 5 aliphatic rings. The van der Waals surface area contributed by atoms with Crippen LogP contribution in [0.1, 0.15) is 61.2 Å². The molecule has 178 valence electrons. The summed E-state index contributed by atoms with van der Waals surface area (Å²) in [7, 11) is 0. The van der Waals surface area contributed by atoms with E-state index < -0.39 is 0 Å². The Bertz CT molecular complexity index is 1220. The molecule has 0 spiro atoms. The number of aryl methyl sites for hydroxylation is 3. The summed E-state index contributed by atoms with van der Waals surface area (Å²) in [5.74, 6) is 5.71. The van der Waals surface area contributed by atoms with E-state index in [1.807, 2.05) is 0 Å². The molecule has 0 N–H and O–H groups in total. The fourth-order valence-corrected chi connectivity index (χ4v) is 8.04. The molecule has 1 saturated heterocycles. The van der Waals surface area contributed by atoms with E-state index in [0.717, 1.165) is 67.0 Å². The quantitative estimate of drug-likeness (QED) is 0.564. The summed E-state index contributed by atoms with van der Waals surface area (Å²) < 4.78 is 2.06. The predicted octanol–water partition coefficient (Wildman–Crippen LogP) is 4.84. The molecule has 3 heterocycles. The smallest absolute Gasteiger partial charge is 0.254 e. The zero-order chi connectivity index (χ0) is 23.0. The average Bonchev–Trinajstić information content (AvgIpc) is 3.24. The minimum Gasteiger partial charge on any atom is -0.368 e. The topological polar surface area (TPSA) is 49.6 Å². The molecule has 8 rings (SSSR count). The normalized spacial score (nSPS) is 30.5. The van der Waals surface area contributed by atoms with Crippen molar-refractivity contribution in [2.75, 3.05) is 36.0 Å². The summed E-state index contributed by atoms with van der Waals surface area (Å²) in [5, 5.41) is 5.21. The number of fused-ring (bicyclic) bond motifs is 1. The molecule has 5 fully saturated rings. The van der Waals surface area contributed by atoms with Crippen LogP contribution in [-0.4, -0.2) is 45.8 Å². The molecule has 3 aromatic rings. The van der Waals surface area contributed by atoms with Crippen molar-refractivity contribution in [3.8, 4) is 0 Å². The Kier molecular flexibility index (Phi) is 4.53. The van der Waals surface area contributed by atoms with Crippen molar-refractivity contribution in [3.05, 3.63) is 46.9 Å². The third kappa shape index (κ3) is 3.24. The number of nitrogens with zero attached hydrogens (tertiary/aromatic N) is 6. The van der Waals surface area contributed by atoms with Crippen LogP contribution in [0.3, 0.4) is 0 Å². The van der Waals surface area contributed by atoms with Crippen LogP contribution in [0.25, 0.3) is 5.78 Å². The first-order chi connectivity index (χ1) is 16.5. The molecule has 34 heavy (non-hydrogen) atoms. The Morgan fingerprint density at radius 3 is 2.12 bits per heavy atom. The van der Waals surface area contributed by atoms with Crippen LogP contribution in [0, 0.1) is 38.5 Å². The second kappa shape index (κ2) is 7.43. The lowest BCUT2D eigenvalue weighted by Gasteiger charge is -2.55. The van der Waals surface area contributed by atoms with Crippen LogP contribution in [0.2, 0.25) is 0 Å². The third-order valence-corrected chi connectivity index (χ3v) is 9.24. The lowest BCUT2D eigenvalue weighted by Crippen LogP contribution is -2.49. The minimum absolute atomic E-state index is 0.203. The van der Waals surface area contributed by atoms with Gasteiger partial charge in [0, 0.05) is 49.0 Å². The first kappa shape index (κ1) is 20.7. The molecule has 6 heteroatoms. The fraction of sp³-hybridized carbons (Fsp3) is 0.607. The van der Waals surface area contributed by atoms with Gasteiger partial charge in [0.15, 0.2) is 5.82 Å². The first-order valence-corrected chi connectivity index (χ1v) is 13.3. The fourth-order valence-electron chi connectivity index (χ4n) is 8.04. The number of hydrogen-bond acceptors (Lipinski definition) is 5. The van der Waals surface area contributed by atoms with Crippen LogP contribution >= 0.6 is 0 Å². The van der Waals surface area contributed by atoms with Gasteiger partial charge < -0.3 is 9.80 Å². The summed E-state index contributed by atoms with van der Waals surface area (Å²) >= 11 is 0. The van der Waals surface area contributed by atoms with E-state index in [-0.39, 0.29) is 5.41 Å². The van der Waals surface area contributed by atoms with E-state index in [0.29, 0.717) is 0 Å². The second-order valence-electron chi connectivity index (χ2n) is 11.9. The number of piperazine rings is 1. The van der Waals surface area contributed by atoms with Gasteiger partial charge in [0.1, 0.15) is 5.82 Å². The number of rotatable bonds is 3. The van der Waals surface area contributed by atoms with E-state index in [4.69, 9.17) is 15.1 Å². The SMILES string of the molecule is Cc1ccc(C)c(N2CCN(c3cc(C)nc4nc(C56CC7CC(CC(C7)C5)C6)nn34)CC2)c1. The maximum atomic E-state index is 5.21. The molecule has 4 saturated carbocycles. The van der Waals surface area contributed by atoms with E-state index in [2.05, 4.69) is 59.4 Å². The monoisotopic (exact) mass is 456 g/mol. The second-order valence-corrected chi connectivity index (χ2v) is 11.9. The van der Waals surface area contributed by atoms with Gasteiger partial charge in [-0.05, 0) is 94.2 Å². The lowest BCUT2D eigenvalue weighted by molar-refractivity contribution is -0.00926. The zero-order valence-corrected chi connectivity index (χ0v) is 20.8. The zero-order valence-electron chi connectivity index (χ0n) is 20.8. The number of benzene rings is 1. The van der Waals surface area contributed by atoms with Gasteiger partial charge in [0.2, 0.25) is 0 Å². The summed E-state index contributed by atoms with van der Waals surface area (Å²) in [5.41, 5.74) is 5.30. The molecular formula is C28H36N6. The van der Waals surface area contributed by atoms with Crippen molar-refractivity contribution in [3.63, 3.8) is 0 Å². The maximum absolute atomic E-state index is 5.21. The molecule has 1 aliphatic heterocycles. The average molecular weight is 457 g/mol. The van der Waals surface area contributed by atoms with Crippen molar-refractivity contribution >= 4 is 17.3 Å². The van der Waals surface area contributed by atoms with Gasteiger partial charge in [0.25, 0.3) is 5.78 Å². The summed E-state index contributed by atoms with van der Waals surface area (Å²) in [6, 6.07) is 8.99. The van der Waals surface area contributed by atoms with Crippen molar-refractivity contribution in [1.29, 1.82) is 0 Å². The third-order valence-electron chi connectivity index (χ3n) is 9.24. The highest BCUT2D eigenvalue weighted by molar-refractivity contribution is 5.57. The number of hydrogen-bond donors (Lipinski definition) is 0. The van der Waals surface area contributed by atoms with Crippen LogP contribution in [0.5, 0.6) is 0 Å². The Morgan fingerprint density at radius 2 is 1.44 bits per heavy atom.